The molecule has 0 aliphatic carbocycles. The van der Waals surface area contributed by atoms with Crippen molar-refractivity contribution in [2.24, 2.45) is 0 Å². The number of carbonyl (C=O) groups is 1. The highest BCUT2D eigenvalue weighted by atomic mass is 32.2. The maximum absolute atomic E-state index is 12.5. The van der Waals surface area contributed by atoms with Crippen molar-refractivity contribution in [1.29, 1.82) is 0 Å². The SMILES string of the molecule is CCc1ccc(C(C)NC(=O)Nc2cc3c(cc2SC)OCCO3)cc1. The monoisotopic (exact) mass is 372 g/mol. The molecule has 0 saturated heterocycles. The Hall–Kier alpha value is -2.34. The molecule has 0 saturated carbocycles. The minimum atomic E-state index is -0.246. The molecule has 26 heavy (non-hydrogen) atoms. The first-order valence-corrected chi connectivity index (χ1v) is 9.97. The quantitative estimate of drug-likeness (QED) is 0.752. The Kier molecular flexibility index (Phi) is 5.93. The molecular weight excluding hydrogens is 348 g/mol. The molecule has 0 fully saturated rings. The third kappa shape index (κ3) is 4.25. The van der Waals surface area contributed by atoms with E-state index >= 15 is 0 Å². The van der Waals surface area contributed by atoms with Crippen molar-refractivity contribution in [3.05, 3.63) is 47.5 Å². The first-order chi connectivity index (χ1) is 12.6. The zero-order valence-electron chi connectivity index (χ0n) is 15.3. The van der Waals surface area contributed by atoms with Gasteiger partial charge in [0.05, 0.1) is 11.7 Å². The third-order valence-electron chi connectivity index (χ3n) is 4.35. The van der Waals surface area contributed by atoms with E-state index in [1.807, 2.05) is 25.3 Å². The first-order valence-electron chi connectivity index (χ1n) is 8.74. The van der Waals surface area contributed by atoms with Crippen LogP contribution >= 0.6 is 11.8 Å². The molecule has 0 bridgehead atoms. The molecule has 5 nitrogen and oxygen atoms in total. The molecule has 0 radical (unpaired) electrons. The van der Waals surface area contributed by atoms with Crippen molar-refractivity contribution < 1.29 is 14.3 Å². The van der Waals surface area contributed by atoms with Crippen LogP contribution in [0.1, 0.15) is 31.0 Å². The summed E-state index contributed by atoms with van der Waals surface area (Å²) in [7, 11) is 0. The summed E-state index contributed by atoms with van der Waals surface area (Å²) in [5.74, 6) is 1.38. The van der Waals surface area contributed by atoms with E-state index in [1.54, 1.807) is 11.8 Å². The molecule has 1 heterocycles. The molecule has 0 aromatic heterocycles. The lowest BCUT2D eigenvalue weighted by Gasteiger charge is -2.21. The summed E-state index contributed by atoms with van der Waals surface area (Å²) in [6, 6.07) is 11.7. The van der Waals surface area contributed by atoms with Gasteiger partial charge in [0.25, 0.3) is 0 Å². The Bertz CT molecular complexity index is 777. The molecule has 1 unspecified atom stereocenters. The van der Waals surface area contributed by atoms with Crippen molar-refractivity contribution in [3.63, 3.8) is 0 Å². The highest BCUT2D eigenvalue weighted by molar-refractivity contribution is 7.98. The van der Waals surface area contributed by atoms with Crippen LogP contribution in [-0.2, 0) is 6.42 Å². The van der Waals surface area contributed by atoms with Gasteiger partial charge >= 0.3 is 6.03 Å². The average Bonchev–Trinajstić information content (AvgIpc) is 2.67. The van der Waals surface area contributed by atoms with E-state index in [-0.39, 0.29) is 12.1 Å². The van der Waals surface area contributed by atoms with Crippen molar-refractivity contribution in [2.75, 3.05) is 24.8 Å². The van der Waals surface area contributed by atoms with Crippen LogP contribution in [0.25, 0.3) is 0 Å². The number of amides is 2. The topological polar surface area (TPSA) is 59.6 Å². The van der Waals surface area contributed by atoms with E-state index in [2.05, 4.69) is 41.8 Å². The van der Waals surface area contributed by atoms with Crippen LogP contribution in [0.15, 0.2) is 41.3 Å². The van der Waals surface area contributed by atoms with Gasteiger partial charge in [0.15, 0.2) is 11.5 Å². The van der Waals surface area contributed by atoms with E-state index < -0.39 is 0 Å². The Morgan fingerprint density at radius 1 is 1.15 bits per heavy atom. The number of nitrogens with one attached hydrogen (secondary N) is 2. The molecule has 1 aliphatic rings. The number of ether oxygens (including phenoxy) is 2. The first kappa shape index (κ1) is 18.5. The second-order valence-electron chi connectivity index (χ2n) is 6.11. The molecule has 1 atom stereocenters. The van der Waals surface area contributed by atoms with Gasteiger partial charge in [-0.15, -0.1) is 11.8 Å². The van der Waals surface area contributed by atoms with E-state index in [4.69, 9.17) is 9.47 Å². The minimum Gasteiger partial charge on any atom is -0.486 e. The molecule has 0 spiro atoms. The predicted octanol–water partition coefficient (Wildman–Crippen LogP) is 4.62. The summed E-state index contributed by atoms with van der Waals surface area (Å²) in [6.07, 6.45) is 2.97. The van der Waals surface area contributed by atoms with E-state index in [9.17, 15) is 4.79 Å². The normalized spacial score (nSPS) is 13.8. The Morgan fingerprint density at radius 3 is 2.42 bits per heavy atom. The largest absolute Gasteiger partial charge is 0.486 e. The fourth-order valence-electron chi connectivity index (χ4n) is 2.82. The highest BCUT2D eigenvalue weighted by Gasteiger charge is 2.17. The van der Waals surface area contributed by atoms with Crippen LogP contribution < -0.4 is 20.1 Å². The van der Waals surface area contributed by atoms with Gasteiger partial charge in [-0.2, -0.15) is 0 Å². The second kappa shape index (κ2) is 8.36. The second-order valence-corrected chi connectivity index (χ2v) is 6.96. The smallest absolute Gasteiger partial charge is 0.319 e. The van der Waals surface area contributed by atoms with Gasteiger partial charge in [-0.25, -0.2) is 4.79 Å². The summed E-state index contributed by atoms with van der Waals surface area (Å²) in [4.78, 5) is 13.4. The van der Waals surface area contributed by atoms with Crippen LogP contribution in [0.5, 0.6) is 11.5 Å². The molecule has 2 N–H and O–H groups in total. The van der Waals surface area contributed by atoms with Crippen molar-refractivity contribution >= 4 is 23.5 Å². The minimum absolute atomic E-state index is 0.0872. The summed E-state index contributed by atoms with van der Waals surface area (Å²) >= 11 is 1.55. The Morgan fingerprint density at radius 2 is 1.81 bits per heavy atom. The van der Waals surface area contributed by atoms with Crippen molar-refractivity contribution in [2.45, 2.75) is 31.2 Å². The standard InChI is InChI=1S/C20H24N2O3S/c1-4-14-5-7-15(8-6-14)13(2)21-20(23)22-16-11-17-18(12-19(16)26-3)25-10-9-24-17/h5-8,11-13H,4,9-10H2,1-3H3,(H2,21,22,23). The molecule has 1 aliphatic heterocycles. The van der Waals surface area contributed by atoms with E-state index in [0.717, 1.165) is 22.6 Å². The molecule has 138 valence electrons. The zero-order chi connectivity index (χ0) is 18.5. The van der Waals surface area contributed by atoms with Gasteiger partial charge in [0.2, 0.25) is 0 Å². The lowest BCUT2D eigenvalue weighted by atomic mass is 10.1. The number of hydrogen-bond donors (Lipinski definition) is 2. The van der Waals surface area contributed by atoms with Gasteiger partial charge in [-0.05, 0) is 36.8 Å². The van der Waals surface area contributed by atoms with Crippen LogP contribution in [0, 0.1) is 0 Å². The number of rotatable bonds is 5. The Labute approximate surface area is 158 Å². The number of benzene rings is 2. The zero-order valence-corrected chi connectivity index (χ0v) is 16.1. The van der Waals surface area contributed by atoms with Gasteiger partial charge in [-0.1, -0.05) is 31.2 Å². The molecule has 6 heteroatoms. The fraction of sp³-hybridized carbons (Fsp3) is 0.350. The van der Waals surface area contributed by atoms with Gasteiger partial charge in [0, 0.05) is 11.0 Å². The molecule has 3 rings (SSSR count). The number of anilines is 1. The predicted molar refractivity (Wildman–Crippen MR) is 106 cm³/mol. The van der Waals surface area contributed by atoms with Crippen LogP contribution in [0.2, 0.25) is 0 Å². The highest BCUT2D eigenvalue weighted by Crippen LogP contribution is 2.39. The maximum Gasteiger partial charge on any atom is 0.319 e. The third-order valence-corrected chi connectivity index (χ3v) is 5.13. The number of hydrogen-bond acceptors (Lipinski definition) is 4. The van der Waals surface area contributed by atoms with Gasteiger partial charge in [0.1, 0.15) is 13.2 Å². The van der Waals surface area contributed by atoms with Crippen LogP contribution in [0.3, 0.4) is 0 Å². The lowest BCUT2D eigenvalue weighted by Crippen LogP contribution is -2.31. The fourth-order valence-corrected chi connectivity index (χ4v) is 3.37. The molecular formula is C20H24N2O3S. The maximum atomic E-state index is 12.5. The summed E-state index contributed by atoms with van der Waals surface area (Å²) in [5, 5.41) is 5.91. The van der Waals surface area contributed by atoms with Crippen LogP contribution in [-0.4, -0.2) is 25.5 Å². The van der Waals surface area contributed by atoms with Gasteiger partial charge < -0.3 is 20.1 Å². The lowest BCUT2D eigenvalue weighted by molar-refractivity contribution is 0.171. The van der Waals surface area contributed by atoms with Gasteiger partial charge in [-0.3, -0.25) is 0 Å². The van der Waals surface area contributed by atoms with Crippen molar-refractivity contribution in [1.82, 2.24) is 5.32 Å². The molecule has 2 aromatic carbocycles. The molecule has 2 amide bonds. The average molecular weight is 372 g/mol. The number of carbonyl (C=O) groups excluding carboxylic acids is 1. The van der Waals surface area contributed by atoms with Crippen LogP contribution in [0.4, 0.5) is 10.5 Å². The van der Waals surface area contributed by atoms with E-state index in [0.29, 0.717) is 24.7 Å². The summed E-state index contributed by atoms with van der Waals surface area (Å²) < 4.78 is 11.2. The van der Waals surface area contributed by atoms with Crippen molar-refractivity contribution in [3.8, 4) is 11.5 Å². The summed E-state index contributed by atoms with van der Waals surface area (Å²) in [6.45, 7) is 5.16. The molecule has 2 aromatic rings. The number of aryl methyl sites for hydroxylation is 1. The number of thioether (sulfide) groups is 1. The summed E-state index contributed by atoms with van der Waals surface area (Å²) in [5.41, 5.74) is 3.07. The number of fused-ring (bicyclic) bond motifs is 1. The Balaban J connectivity index is 1.69. The number of urea groups is 1. The van der Waals surface area contributed by atoms with E-state index in [1.165, 1.54) is 5.56 Å².